The molecular weight excluding hydrogens is 328 g/mol. The summed E-state index contributed by atoms with van der Waals surface area (Å²) < 4.78 is 1.12. The maximum Gasteiger partial charge on any atom is 0.0701 e. The Balaban J connectivity index is 1.81. The van der Waals surface area contributed by atoms with Crippen LogP contribution in [-0.2, 0) is 6.42 Å². The highest BCUT2D eigenvalue weighted by Gasteiger charge is 2.08. The monoisotopic (exact) mass is 342 g/mol. The van der Waals surface area contributed by atoms with Crippen molar-refractivity contribution in [2.75, 3.05) is 5.75 Å². The molecular formula is C14H15BrOS2. The molecule has 0 saturated heterocycles. The number of aryl methyl sites for hydroxylation is 1. The van der Waals surface area contributed by atoms with E-state index in [1.54, 1.807) is 23.1 Å². The van der Waals surface area contributed by atoms with Crippen molar-refractivity contribution < 1.29 is 5.11 Å². The molecule has 0 fully saturated rings. The lowest BCUT2D eigenvalue weighted by atomic mass is 10.2. The van der Waals surface area contributed by atoms with Crippen molar-refractivity contribution >= 4 is 39.0 Å². The second kappa shape index (κ2) is 6.75. The first kappa shape index (κ1) is 14.1. The second-order valence-electron chi connectivity index (χ2n) is 4.19. The Labute approximate surface area is 124 Å². The fourth-order valence-electron chi connectivity index (χ4n) is 1.58. The zero-order valence-corrected chi connectivity index (χ0v) is 13.3. The van der Waals surface area contributed by atoms with Gasteiger partial charge in [0, 0.05) is 21.9 Å². The number of hydrogen-bond donors (Lipinski definition) is 1. The summed E-state index contributed by atoms with van der Waals surface area (Å²) in [5.74, 6) is 0.735. The Hall–Kier alpha value is -0.290. The lowest BCUT2D eigenvalue weighted by Gasteiger charge is -2.09. The van der Waals surface area contributed by atoms with Gasteiger partial charge in [0.1, 0.15) is 0 Å². The van der Waals surface area contributed by atoms with Gasteiger partial charge in [-0.3, -0.25) is 0 Å². The van der Waals surface area contributed by atoms with Crippen molar-refractivity contribution in [3.05, 3.63) is 50.6 Å². The van der Waals surface area contributed by atoms with Gasteiger partial charge in [-0.2, -0.15) is 0 Å². The van der Waals surface area contributed by atoms with Crippen molar-refractivity contribution in [3.8, 4) is 0 Å². The summed E-state index contributed by atoms with van der Waals surface area (Å²) in [4.78, 5) is 2.44. The van der Waals surface area contributed by atoms with E-state index in [2.05, 4.69) is 53.2 Å². The summed E-state index contributed by atoms with van der Waals surface area (Å²) in [6, 6.07) is 12.5. The minimum absolute atomic E-state index is 0.290. The maximum absolute atomic E-state index is 10.00. The van der Waals surface area contributed by atoms with Gasteiger partial charge in [-0.05, 0) is 47.1 Å². The minimum Gasteiger partial charge on any atom is -0.392 e. The molecule has 18 heavy (non-hydrogen) atoms. The number of thioether (sulfide) groups is 1. The number of rotatable bonds is 5. The first-order chi connectivity index (χ1) is 8.63. The summed E-state index contributed by atoms with van der Waals surface area (Å²) in [5.41, 5.74) is 1.27. The predicted octanol–water partition coefficient (Wildman–Crippen LogP) is 4.51. The second-order valence-corrected chi connectivity index (χ2v) is 7.83. The highest BCUT2D eigenvalue weighted by molar-refractivity contribution is 9.11. The Morgan fingerprint density at radius 2 is 1.94 bits per heavy atom. The summed E-state index contributed by atoms with van der Waals surface area (Å²) in [5, 5.41) is 10.00. The van der Waals surface area contributed by atoms with Crippen LogP contribution >= 0.6 is 39.0 Å². The molecule has 0 saturated carbocycles. The molecule has 0 spiro atoms. The van der Waals surface area contributed by atoms with E-state index >= 15 is 0 Å². The van der Waals surface area contributed by atoms with Gasteiger partial charge in [0.25, 0.3) is 0 Å². The molecule has 4 heteroatoms. The molecule has 1 heterocycles. The first-order valence-corrected chi connectivity index (χ1v) is 8.35. The molecule has 96 valence electrons. The fourth-order valence-corrected chi connectivity index (χ4v) is 3.97. The van der Waals surface area contributed by atoms with Crippen LogP contribution in [0, 0.1) is 6.92 Å². The molecule has 0 amide bonds. The van der Waals surface area contributed by atoms with Gasteiger partial charge in [-0.25, -0.2) is 0 Å². The average molecular weight is 343 g/mol. The molecule has 1 N–H and O–H groups in total. The third-order valence-electron chi connectivity index (χ3n) is 2.53. The molecule has 0 bridgehead atoms. The van der Waals surface area contributed by atoms with Crippen LogP contribution in [0.4, 0.5) is 0 Å². The van der Waals surface area contributed by atoms with Gasteiger partial charge >= 0.3 is 0 Å². The van der Waals surface area contributed by atoms with Crippen LogP contribution < -0.4 is 0 Å². The summed E-state index contributed by atoms with van der Waals surface area (Å²) in [7, 11) is 0. The van der Waals surface area contributed by atoms with E-state index in [1.807, 2.05) is 6.07 Å². The Morgan fingerprint density at radius 1 is 1.22 bits per heavy atom. The van der Waals surface area contributed by atoms with Crippen molar-refractivity contribution in [3.63, 3.8) is 0 Å². The number of aliphatic hydroxyl groups excluding tert-OH is 1. The van der Waals surface area contributed by atoms with Crippen molar-refractivity contribution in [1.82, 2.24) is 0 Å². The standard InChI is InChI=1S/C14H15BrOS2/c1-10-2-4-12(5-3-10)17-9-11(16)8-13-6-7-14(15)18-13/h2-7,11,16H,8-9H2,1H3. The Bertz CT molecular complexity index is 493. The SMILES string of the molecule is Cc1ccc(SCC(O)Cc2ccc(Br)s2)cc1. The molecule has 0 aliphatic rings. The van der Waals surface area contributed by atoms with E-state index in [-0.39, 0.29) is 6.10 Å². The third kappa shape index (κ3) is 4.43. The predicted molar refractivity (Wildman–Crippen MR) is 83.6 cm³/mol. The Kier molecular flexibility index (Phi) is 5.30. The number of halogens is 1. The van der Waals surface area contributed by atoms with Gasteiger partial charge < -0.3 is 5.11 Å². The van der Waals surface area contributed by atoms with Crippen molar-refractivity contribution in [2.45, 2.75) is 24.3 Å². The van der Waals surface area contributed by atoms with E-state index in [0.717, 1.165) is 16.0 Å². The zero-order chi connectivity index (χ0) is 13.0. The van der Waals surface area contributed by atoms with Gasteiger partial charge in [0.15, 0.2) is 0 Å². The summed E-state index contributed by atoms with van der Waals surface area (Å²) in [6.45, 7) is 2.08. The van der Waals surface area contributed by atoms with Gasteiger partial charge in [-0.15, -0.1) is 23.1 Å². The highest BCUT2D eigenvalue weighted by atomic mass is 79.9. The largest absolute Gasteiger partial charge is 0.392 e. The van der Waals surface area contributed by atoms with Gasteiger partial charge in [-0.1, -0.05) is 17.7 Å². The van der Waals surface area contributed by atoms with Crippen LogP contribution in [0.5, 0.6) is 0 Å². The fraction of sp³-hybridized carbons (Fsp3) is 0.286. The van der Waals surface area contributed by atoms with E-state index in [1.165, 1.54) is 15.3 Å². The molecule has 1 atom stereocenters. The number of benzene rings is 1. The van der Waals surface area contributed by atoms with E-state index in [4.69, 9.17) is 0 Å². The van der Waals surface area contributed by atoms with Crippen molar-refractivity contribution in [2.24, 2.45) is 0 Å². The molecule has 0 radical (unpaired) electrons. The molecule has 0 aliphatic heterocycles. The van der Waals surface area contributed by atoms with E-state index in [0.29, 0.717) is 0 Å². The Morgan fingerprint density at radius 3 is 2.56 bits per heavy atom. The van der Waals surface area contributed by atoms with Crippen LogP contribution in [0.2, 0.25) is 0 Å². The molecule has 2 rings (SSSR count). The van der Waals surface area contributed by atoms with Gasteiger partial charge in [0.2, 0.25) is 0 Å². The van der Waals surface area contributed by atoms with Crippen LogP contribution in [0.1, 0.15) is 10.4 Å². The highest BCUT2D eigenvalue weighted by Crippen LogP contribution is 2.25. The first-order valence-electron chi connectivity index (χ1n) is 5.75. The molecule has 0 aliphatic carbocycles. The number of thiophene rings is 1. The minimum atomic E-state index is -0.290. The van der Waals surface area contributed by atoms with Crippen LogP contribution in [0.3, 0.4) is 0 Å². The third-order valence-corrected chi connectivity index (χ3v) is 5.33. The van der Waals surface area contributed by atoms with Crippen molar-refractivity contribution in [1.29, 1.82) is 0 Å². The summed E-state index contributed by atoms with van der Waals surface area (Å²) >= 11 is 6.83. The molecule has 1 unspecified atom stereocenters. The van der Waals surface area contributed by atoms with E-state index in [9.17, 15) is 5.11 Å². The van der Waals surface area contributed by atoms with Crippen LogP contribution in [0.25, 0.3) is 0 Å². The topological polar surface area (TPSA) is 20.2 Å². The average Bonchev–Trinajstić information content (AvgIpc) is 2.74. The quantitative estimate of drug-likeness (QED) is 0.806. The normalized spacial score (nSPS) is 12.6. The lowest BCUT2D eigenvalue weighted by Crippen LogP contribution is -2.12. The number of hydrogen-bond acceptors (Lipinski definition) is 3. The summed E-state index contributed by atoms with van der Waals surface area (Å²) in [6.07, 6.45) is 0.441. The molecule has 2 aromatic rings. The number of aliphatic hydroxyl groups is 1. The smallest absolute Gasteiger partial charge is 0.0701 e. The van der Waals surface area contributed by atoms with Crippen LogP contribution in [-0.4, -0.2) is 17.0 Å². The van der Waals surface area contributed by atoms with Gasteiger partial charge in [0.05, 0.1) is 9.89 Å². The maximum atomic E-state index is 10.00. The molecule has 1 aromatic carbocycles. The zero-order valence-electron chi connectivity index (χ0n) is 10.1. The molecule has 1 aromatic heterocycles. The molecule has 1 nitrogen and oxygen atoms in total. The van der Waals surface area contributed by atoms with E-state index < -0.39 is 0 Å². The lowest BCUT2D eigenvalue weighted by molar-refractivity contribution is 0.201. The van der Waals surface area contributed by atoms with Crippen LogP contribution in [0.15, 0.2) is 45.1 Å².